The van der Waals surface area contributed by atoms with Gasteiger partial charge < -0.3 is 20.1 Å². The number of amides is 1. The highest BCUT2D eigenvalue weighted by Gasteiger charge is 2.35. The van der Waals surface area contributed by atoms with Crippen molar-refractivity contribution in [3.63, 3.8) is 0 Å². The van der Waals surface area contributed by atoms with Crippen LogP contribution in [0.5, 0.6) is 0 Å². The minimum atomic E-state index is -1.22. The van der Waals surface area contributed by atoms with Crippen LogP contribution in [-0.4, -0.2) is 35.1 Å². The van der Waals surface area contributed by atoms with Gasteiger partial charge in [0, 0.05) is 11.3 Å². The van der Waals surface area contributed by atoms with Crippen molar-refractivity contribution in [1.82, 2.24) is 5.32 Å². The number of hydrogen-bond donors (Lipinski definition) is 3. The van der Waals surface area contributed by atoms with Gasteiger partial charge in [0.1, 0.15) is 0 Å². The van der Waals surface area contributed by atoms with E-state index in [0.29, 0.717) is 12.8 Å². The number of rotatable bonds is 4. The lowest BCUT2D eigenvalue weighted by Gasteiger charge is -2.27. The molecule has 1 aliphatic heterocycles. The van der Waals surface area contributed by atoms with Crippen LogP contribution in [0.3, 0.4) is 0 Å². The van der Waals surface area contributed by atoms with Gasteiger partial charge in [0.2, 0.25) is 5.91 Å². The molecule has 1 aromatic rings. The van der Waals surface area contributed by atoms with Crippen molar-refractivity contribution in [3.8, 4) is 0 Å². The molecule has 8 heteroatoms. The fourth-order valence-electron chi connectivity index (χ4n) is 1.95. The van der Waals surface area contributed by atoms with Gasteiger partial charge in [-0.3, -0.25) is 4.79 Å². The lowest BCUT2D eigenvalue weighted by atomic mass is 9.73. The van der Waals surface area contributed by atoms with E-state index in [2.05, 4.69) is 5.32 Å². The van der Waals surface area contributed by atoms with Gasteiger partial charge >= 0.3 is 13.1 Å². The summed E-state index contributed by atoms with van der Waals surface area (Å²) in [5.41, 5.74) is 0. The average molecular weight is 295 g/mol. The van der Waals surface area contributed by atoms with E-state index in [1.165, 1.54) is 11.3 Å². The highest BCUT2D eigenvalue weighted by molar-refractivity contribution is 7.10. The van der Waals surface area contributed by atoms with Crippen LogP contribution in [0.15, 0.2) is 29.3 Å². The van der Waals surface area contributed by atoms with Gasteiger partial charge in [0.15, 0.2) is 0 Å². The Morgan fingerprint density at radius 2 is 2.40 bits per heavy atom. The van der Waals surface area contributed by atoms with E-state index in [1.54, 1.807) is 0 Å². The number of allylic oxidation sites excluding steroid dienone is 1. The topological polar surface area (TPSA) is 95.9 Å². The van der Waals surface area contributed by atoms with Crippen LogP contribution in [0.25, 0.3) is 0 Å². The molecule has 0 spiro atoms. The molecule has 1 unspecified atom stereocenters. The maximum absolute atomic E-state index is 11.8. The quantitative estimate of drug-likeness (QED) is 0.557. The Hall–Kier alpha value is -1.80. The standard InChI is InChI=1S/C12H14BNO5S/c15-11(7-9-2-1-5-20-9)14-10-4-3-8(6-12(16)17)19-13(10)18/h1-2,5-6,10,18H,3-4,7H2,(H,14,15)(H,16,17). The van der Waals surface area contributed by atoms with Crippen LogP contribution in [-0.2, 0) is 20.7 Å². The number of carboxylic acids is 1. The smallest absolute Gasteiger partial charge is 0.538 e. The first-order valence-electron chi connectivity index (χ1n) is 6.14. The summed E-state index contributed by atoms with van der Waals surface area (Å²) in [5.74, 6) is -1.61. The van der Waals surface area contributed by atoms with Crippen molar-refractivity contribution in [2.45, 2.75) is 25.2 Å². The van der Waals surface area contributed by atoms with Crippen LogP contribution >= 0.6 is 11.3 Å². The monoisotopic (exact) mass is 295 g/mol. The Morgan fingerprint density at radius 3 is 3.00 bits per heavy atom. The van der Waals surface area contributed by atoms with Crippen LogP contribution in [0, 0.1) is 0 Å². The zero-order valence-electron chi connectivity index (χ0n) is 10.6. The largest absolute Gasteiger partial charge is 0.546 e. The molecule has 1 aliphatic rings. The van der Waals surface area contributed by atoms with Crippen molar-refractivity contribution >= 4 is 30.3 Å². The third kappa shape index (κ3) is 4.11. The summed E-state index contributed by atoms with van der Waals surface area (Å²) < 4.78 is 5.07. The number of aliphatic carboxylic acids is 1. The number of hydrogen-bond acceptors (Lipinski definition) is 5. The molecule has 0 saturated carbocycles. The highest BCUT2D eigenvalue weighted by atomic mass is 32.1. The fraction of sp³-hybridized carbons (Fsp3) is 0.333. The first-order chi connectivity index (χ1) is 9.54. The number of nitrogens with one attached hydrogen (secondary N) is 1. The predicted octanol–water partition coefficient (Wildman–Crippen LogP) is 0.574. The first-order valence-corrected chi connectivity index (χ1v) is 7.02. The normalized spacial score (nSPS) is 20.6. The molecule has 20 heavy (non-hydrogen) atoms. The van der Waals surface area contributed by atoms with Crippen molar-refractivity contribution in [2.75, 3.05) is 0 Å². The molecule has 0 radical (unpaired) electrons. The molecule has 106 valence electrons. The van der Waals surface area contributed by atoms with Gasteiger partial charge in [0.05, 0.1) is 24.2 Å². The van der Waals surface area contributed by atoms with Crippen LogP contribution in [0.1, 0.15) is 17.7 Å². The molecule has 0 bridgehead atoms. The maximum Gasteiger partial charge on any atom is 0.546 e. The van der Waals surface area contributed by atoms with Crippen molar-refractivity contribution in [1.29, 1.82) is 0 Å². The minimum absolute atomic E-state index is 0.189. The van der Waals surface area contributed by atoms with E-state index in [9.17, 15) is 14.6 Å². The molecule has 0 aromatic carbocycles. The molecule has 1 aromatic heterocycles. The van der Waals surface area contributed by atoms with Crippen LogP contribution in [0.4, 0.5) is 0 Å². The Morgan fingerprint density at radius 1 is 1.60 bits per heavy atom. The lowest BCUT2D eigenvalue weighted by Crippen LogP contribution is -2.50. The zero-order chi connectivity index (χ0) is 14.5. The Kier molecular flexibility index (Phi) is 4.81. The summed E-state index contributed by atoms with van der Waals surface area (Å²) in [5, 5.41) is 23.0. The molecule has 2 heterocycles. The molecule has 2 rings (SSSR count). The van der Waals surface area contributed by atoms with Gasteiger partial charge in [-0.1, -0.05) is 6.07 Å². The van der Waals surface area contributed by atoms with Gasteiger partial charge in [-0.15, -0.1) is 11.3 Å². The second-order valence-electron chi connectivity index (χ2n) is 4.43. The van der Waals surface area contributed by atoms with E-state index >= 15 is 0 Å². The number of carbonyl (C=O) groups is 2. The van der Waals surface area contributed by atoms with E-state index in [-0.39, 0.29) is 18.1 Å². The van der Waals surface area contributed by atoms with E-state index in [1.807, 2.05) is 17.5 Å². The van der Waals surface area contributed by atoms with Crippen LogP contribution in [0.2, 0.25) is 0 Å². The average Bonchev–Trinajstić information content (AvgIpc) is 2.84. The van der Waals surface area contributed by atoms with Gasteiger partial charge in [-0.05, 0) is 17.9 Å². The Balaban J connectivity index is 1.85. The fourth-order valence-corrected chi connectivity index (χ4v) is 2.66. The number of carbonyl (C=O) groups excluding carboxylic acids is 1. The van der Waals surface area contributed by atoms with Gasteiger partial charge in [-0.25, -0.2) is 4.79 Å². The minimum Gasteiger partial charge on any atom is -0.538 e. The number of carboxylic acid groups (broad SMARTS) is 1. The molecular weight excluding hydrogens is 281 g/mol. The zero-order valence-corrected chi connectivity index (χ0v) is 11.4. The molecule has 3 N–H and O–H groups in total. The SMILES string of the molecule is O=C(O)C=C1CCC(NC(=O)Cc2cccs2)B(O)O1. The molecule has 0 aliphatic carbocycles. The third-order valence-electron chi connectivity index (χ3n) is 2.86. The second kappa shape index (κ2) is 6.58. The summed E-state index contributed by atoms with van der Waals surface area (Å²) in [6.07, 6.45) is 2.00. The van der Waals surface area contributed by atoms with E-state index in [0.717, 1.165) is 11.0 Å². The summed E-state index contributed by atoms with van der Waals surface area (Å²) in [7, 11) is -1.22. The first kappa shape index (κ1) is 14.6. The summed E-state index contributed by atoms with van der Waals surface area (Å²) in [6.45, 7) is 0. The van der Waals surface area contributed by atoms with Gasteiger partial charge in [0.25, 0.3) is 0 Å². The van der Waals surface area contributed by atoms with Crippen molar-refractivity contribution in [3.05, 3.63) is 34.2 Å². The summed E-state index contributed by atoms with van der Waals surface area (Å²) in [4.78, 5) is 23.3. The molecule has 6 nitrogen and oxygen atoms in total. The lowest BCUT2D eigenvalue weighted by molar-refractivity contribution is -0.131. The summed E-state index contributed by atoms with van der Waals surface area (Å²) in [6, 6.07) is 3.74. The highest BCUT2D eigenvalue weighted by Crippen LogP contribution is 2.19. The third-order valence-corrected chi connectivity index (χ3v) is 3.74. The van der Waals surface area contributed by atoms with Crippen molar-refractivity contribution < 1.29 is 24.4 Å². The number of thiophene rings is 1. The molecular formula is C12H14BNO5S. The van der Waals surface area contributed by atoms with Gasteiger partial charge in [-0.2, -0.15) is 0 Å². The summed E-state index contributed by atoms with van der Waals surface area (Å²) >= 11 is 1.49. The van der Waals surface area contributed by atoms with Crippen LogP contribution < -0.4 is 5.32 Å². The maximum atomic E-state index is 11.8. The Bertz CT molecular complexity index is 516. The second-order valence-corrected chi connectivity index (χ2v) is 5.46. The van der Waals surface area contributed by atoms with E-state index in [4.69, 9.17) is 9.76 Å². The molecule has 1 atom stereocenters. The molecule has 1 fully saturated rings. The molecule has 1 saturated heterocycles. The van der Waals surface area contributed by atoms with Crippen molar-refractivity contribution in [2.24, 2.45) is 0 Å². The van der Waals surface area contributed by atoms with E-state index < -0.39 is 19.0 Å². The Labute approximate surface area is 120 Å². The molecule has 1 amide bonds. The predicted molar refractivity (Wildman–Crippen MR) is 74.0 cm³/mol.